The highest BCUT2D eigenvalue weighted by Gasteiger charge is 2.10. The predicted octanol–water partition coefficient (Wildman–Crippen LogP) is 3.09. The zero-order valence-electron chi connectivity index (χ0n) is 15.7. The smallest absolute Gasteiger partial charge is 0.335 e. The zero-order valence-corrected chi connectivity index (χ0v) is 15.7. The Hall–Kier alpha value is -4.07. The fourth-order valence-electron chi connectivity index (χ4n) is 3.04. The molecule has 0 aliphatic heterocycles. The number of aromatic nitrogens is 3. The van der Waals surface area contributed by atoms with Crippen molar-refractivity contribution >= 4 is 17.7 Å². The molecule has 2 aromatic carbocycles. The van der Waals surface area contributed by atoms with E-state index in [0.29, 0.717) is 23.5 Å². The van der Waals surface area contributed by atoms with Crippen LogP contribution >= 0.6 is 0 Å². The van der Waals surface area contributed by atoms with Gasteiger partial charge >= 0.3 is 5.97 Å². The lowest BCUT2D eigenvalue weighted by Crippen LogP contribution is -2.23. The first-order valence-electron chi connectivity index (χ1n) is 9.16. The number of amides is 1. The van der Waals surface area contributed by atoms with Gasteiger partial charge in [-0.1, -0.05) is 24.3 Å². The second-order valence-electron chi connectivity index (χ2n) is 6.77. The molecule has 7 nitrogen and oxygen atoms in total. The van der Waals surface area contributed by atoms with Crippen molar-refractivity contribution in [3.05, 3.63) is 101 Å². The molecule has 4 rings (SSSR count). The first-order valence-corrected chi connectivity index (χ1v) is 9.16. The summed E-state index contributed by atoms with van der Waals surface area (Å²) in [4.78, 5) is 32.0. The van der Waals surface area contributed by atoms with E-state index in [2.05, 4.69) is 15.3 Å². The second-order valence-corrected chi connectivity index (χ2v) is 6.77. The Morgan fingerprint density at radius 2 is 1.83 bits per heavy atom. The van der Waals surface area contributed by atoms with E-state index in [4.69, 9.17) is 5.11 Å². The molecule has 4 aromatic rings. The molecule has 30 heavy (non-hydrogen) atoms. The molecule has 2 N–H and O–H groups in total. The summed E-state index contributed by atoms with van der Waals surface area (Å²) in [6.45, 7) is 0.255. The number of aromatic carboxylic acids is 1. The maximum absolute atomic E-state index is 13.4. The topological polar surface area (TPSA) is 96.6 Å². The number of benzene rings is 2. The van der Waals surface area contributed by atoms with Gasteiger partial charge < -0.3 is 10.4 Å². The van der Waals surface area contributed by atoms with Crippen LogP contribution in [0.5, 0.6) is 0 Å². The minimum atomic E-state index is -0.998. The maximum atomic E-state index is 13.4. The van der Waals surface area contributed by atoms with E-state index in [1.54, 1.807) is 35.0 Å². The van der Waals surface area contributed by atoms with Crippen LogP contribution in [0.1, 0.15) is 37.5 Å². The van der Waals surface area contributed by atoms with E-state index in [-0.39, 0.29) is 23.8 Å². The van der Waals surface area contributed by atoms with Gasteiger partial charge in [0.25, 0.3) is 5.91 Å². The van der Waals surface area contributed by atoms with Crippen molar-refractivity contribution in [1.29, 1.82) is 0 Å². The Labute approximate surface area is 170 Å². The third-order valence-corrected chi connectivity index (χ3v) is 4.55. The number of hydrogen-bond donors (Lipinski definition) is 2. The van der Waals surface area contributed by atoms with E-state index in [1.807, 2.05) is 6.07 Å². The SMILES string of the molecule is O=C(O)c1ccc(CNC(=O)c2cnc3nc(Cc4cccc(F)c4)cn3c2)cc1. The van der Waals surface area contributed by atoms with Crippen LogP contribution in [0.3, 0.4) is 0 Å². The molecule has 0 fully saturated rings. The van der Waals surface area contributed by atoms with Crippen molar-refractivity contribution in [3.63, 3.8) is 0 Å². The Bertz CT molecular complexity index is 1230. The molecule has 0 unspecified atom stereocenters. The third kappa shape index (κ3) is 4.33. The average molecular weight is 404 g/mol. The molecule has 0 aliphatic rings. The summed E-state index contributed by atoms with van der Waals surface area (Å²) in [5.74, 6) is -1.16. The highest BCUT2D eigenvalue weighted by molar-refractivity contribution is 5.93. The summed E-state index contributed by atoms with van der Waals surface area (Å²) in [6.07, 6.45) is 5.29. The molecule has 150 valence electrons. The number of fused-ring (bicyclic) bond motifs is 1. The van der Waals surface area contributed by atoms with Gasteiger partial charge in [-0.2, -0.15) is 0 Å². The number of carboxylic acids is 1. The molecule has 0 bridgehead atoms. The van der Waals surface area contributed by atoms with Crippen LogP contribution in [-0.4, -0.2) is 31.4 Å². The normalized spacial score (nSPS) is 10.8. The summed E-state index contributed by atoms with van der Waals surface area (Å²) in [5, 5.41) is 11.7. The van der Waals surface area contributed by atoms with Crippen LogP contribution in [0.4, 0.5) is 4.39 Å². The summed E-state index contributed by atoms with van der Waals surface area (Å²) in [7, 11) is 0. The molecule has 0 aliphatic carbocycles. The van der Waals surface area contributed by atoms with Crippen LogP contribution < -0.4 is 5.32 Å². The molecule has 0 atom stereocenters. The fourth-order valence-corrected chi connectivity index (χ4v) is 3.04. The van der Waals surface area contributed by atoms with Gasteiger partial charge in [0.15, 0.2) is 0 Å². The average Bonchev–Trinajstić information content (AvgIpc) is 3.13. The van der Waals surface area contributed by atoms with Crippen molar-refractivity contribution in [2.45, 2.75) is 13.0 Å². The molecule has 8 heteroatoms. The number of rotatable bonds is 6. The molecule has 2 aromatic heterocycles. The molecule has 0 radical (unpaired) electrons. The zero-order chi connectivity index (χ0) is 21.1. The minimum Gasteiger partial charge on any atom is -0.478 e. The first kappa shape index (κ1) is 19.3. The van der Waals surface area contributed by atoms with Crippen molar-refractivity contribution in [2.24, 2.45) is 0 Å². The van der Waals surface area contributed by atoms with Gasteiger partial charge in [-0.15, -0.1) is 0 Å². The van der Waals surface area contributed by atoms with Crippen LogP contribution in [0.15, 0.2) is 67.1 Å². The monoisotopic (exact) mass is 404 g/mol. The fraction of sp³-hybridized carbons (Fsp3) is 0.0909. The first-order chi connectivity index (χ1) is 14.5. The number of imidazole rings is 1. The molecule has 0 spiro atoms. The lowest BCUT2D eigenvalue weighted by atomic mass is 10.1. The largest absolute Gasteiger partial charge is 0.478 e. The van der Waals surface area contributed by atoms with E-state index < -0.39 is 5.97 Å². The van der Waals surface area contributed by atoms with Crippen molar-refractivity contribution in [1.82, 2.24) is 19.7 Å². The second kappa shape index (κ2) is 8.12. The van der Waals surface area contributed by atoms with Gasteiger partial charge in [-0.3, -0.25) is 9.20 Å². The van der Waals surface area contributed by atoms with Crippen LogP contribution in [0.2, 0.25) is 0 Å². The summed E-state index contributed by atoms with van der Waals surface area (Å²) < 4.78 is 15.0. The van der Waals surface area contributed by atoms with E-state index in [1.165, 1.54) is 30.5 Å². The Kier molecular flexibility index (Phi) is 5.21. The van der Waals surface area contributed by atoms with E-state index in [0.717, 1.165) is 11.1 Å². The number of carbonyl (C=O) groups is 2. The molecular formula is C22H17FN4O3. The Balaban J connectivity index is 1.44. The number of carbonyl (C=O) groups excluding carboxylic acids is 1. The molecular weight excluding hydrogens is 387 g/mol. The molecule has 1 amide bonds. The van der Waals surface area contributed by atoms with Gasteiger partial charge in [0.2, 0.25) is 5.78 Å². The van der Waals surface area contributed by atoms with Gasteiger partial charge in [0, 0.05) is 31.6 Å². The highest BCUT2D eigenvalue weighted by Crippen LogP contribution is 2.12. The third-order valence-electron chi connectivity index (χ3n) is 4.55. The van der Waals surface area contributed by atoms with Crippen molar-refractivity contribution < 1.29 is 19.1 Å². The van der Waals surface area contributed by atoms with Crippen LogP contribution in [0, 0.1) is 5.82 Å². The standard InChI is InChI=1S/C22H17FN4O3/c23-18-3-1-2-15(8-18)9-19-13-27-12-17(11-25-22(27)26-19)20(28)24-10-14-4-6-16(7-5-14)21(29)30/h1-8,11-13H,9-10H2,(H,24,28)(H,29,30). The highest BCUT2D eigenvalue weighted by atomic mass is 19.1. The number of hydrogen-bond acceptors (Lipinski definition) is 4. The minimum absolute atomic E-state index is 0.189. The van der Waals surface area contributed by atoms with Crippen molar-refractivity contribution in [2.75, 3.05) is 0 Å². The van der Waals surface area contributed by atoms with Gasteiger partial charge in [0.05, 0.1) is 16.8 Å². The molecule has 0 saturated carbocycles. The van der Waals surface area contributed by atoms with E-state index >= 15 is 0 Å². The summed E-state index contributed by atoms with van der Waals surface area (Å²) in [6, 6.07) is 12.6. The molecule has 0 saturated heterocycles. The summed E-state index contributed by atoms with van der Waals surface area (Å²) >= 11 is 0. The van der Waals surface area contributed by atoms with Gasteiger partial charge in [-0.05, 0) is 35.4 Å². The predicted molar refractivity (Wildman–Crippen MR) is 107 cm³/mol. The Morgan fingerprint density at radius 3 is 2.57 bits per heavy atom. The maximum Gasteiger partial charge on any atom is 0.335 e. The van der Waals surface area contributed by atoms with Gasteiger partial charge in [-0.25, -0.2) is 19.2 Å². The number of nitrogens with zero attached hydrogens (tertiary/aromatic N) is 3. The van der Waals surface area contributed by atoms with Crippen molar-refractivity contribution in [3.8, 4) is 0 Å². The van der Waals surface area contributed by atoms with Crippen LogP contribution in [-0.2, 0) is 13.0 Å². The number of halogens is 1. The van der Waals surface area contributed by atoms with Gasteiger partial charge in [0.1, 0.15) is 5.82 Å². The van der Waals surface area contributed by atoms with E-state index in [9.17, 15) is 14.0 Å². The lowest BCUT2D eigenvalue weighted by Gasteiger charge is -2.06. The lowest BCUT2D eigenvalue weighted by molar-refractivity contribution is 0.0696. The molecule has 2 heterocycles. The quantitative estimate of drug-likeness (QED) is 0.515. The summed E-state index contributed by atoms with van der Waals surface area (Å²) in [5.41, 5.74) is 2.84. The van der Waals surface area contributed by atoms with Crippen LogP contribution in [0.25, 0.3) is 5.78 Å². The number of nitrogens with one attached hydrogen (secondary N) is 1. The Morgan fingerprint density at radius 1 is 1.03 bits per heavy atom. The number of carboxylic acid groups (broad SMARTS) is 1.